The number of anilines is 1. The highest BCUT2D eigenvalue weighted by Crippen LogP contribution is 2.24. The second-order valence-corrected chi connectivity index (χ2v) is 5.09. The minimum atomic E-state index is 0.0560. The van der Waals surface area contributed by atoms with Crippen LogP contribution in [0.5, 0.6) is 0 Å². The fourth-order valence-electron chi connectivity index (χ4n) is 2.68. The molecule has 0 bridgehead atoms. The van der Waals surface area contributed by atoms with E-state index in [0.717, 1.165) is 25.8 Å². The molecule has 0 aromatic heterocycles. The lowest BCUT2D eigenvalue weighted by Crippen LogP contribution is -2.42. The Morgan fingerprint density at radius 3 is 2.83 bits per heavy atom. The summed E-state index contributed by atoms with van der Waals surface area (Å²) >= 11 is 0. The molecule has 0 spiro atoms. The largest absolute Gasteiger partial charge is 0.384 e. The topological polar surface area (TPSA) is 41.1 Å². The highest BCUT2D eigenvalue weighted by Gasteiger charge is 2.25. The first kappa shape index (κ1) is 11.3. The van der Waals surface area contributed by atoms with E-state index in [4.69, 9.17) is 0 Å². The second kappa shape index (κ2) is 4.84. The first-order chi connectivity index (χ1) is 8.83. The molecule has 2 aliphatic rings. The molecule has 18 heavy (non-hydrogen) atoms. The van der Waals surface area contributed by atoms with Gasteiger partial charge in [-0.3, -0.25) is 4.79 Å². The zero-order valence-electron chi connectivity index (χ0n) is 10.4. The van der Waals surface area contributed by atoms with Gasteiger partial charge >= 0.3 is 0 Å². The van der Waals surface area contributed by atoms with Gasteiger partial charge in [0.2, 0.25) is 5.91 Å². The molecule has 1 heterocycles. The van der Waals surface area contributed by atoms with Crippen molar-refractivity contribution in [2.24, 2.45) is 5.92 Å². The van der Waals surface area contributed by atoms with E-state index in [1.54, 1.807) is 0 Å². The normalized spacial score (nSPS) is 22.3. The number of fused-ring (bicyclic) bond motifs is 1. The Morgan fingerprint density at radius 1 is 1.22 bits per heavy atom. The van der Waals surface area contributed by atoms with E-state index in [1.165, 1.54) is 11.3 Å². The zero-order chi connectivity index (χ0) is 12.4. The van der Waals surface area contributed by atoms with Gasteiger partial charge in [0.15, 0.2) is 0 Å². The van der Waals surface area contributed by atoms with Gasteiger partial charge in [0.05, 0.1) is 5.92 Å². The maximum atomic E-state index is 12.2. The SMILES string of the molecule is O=C(NC1CC=CC1)C1CNc2ccccc2C1. The summed E-state index contributed by atoms with van der Waals surface area (Å²) in [6, 6.07) is 8.54. The van der Waals surface area contributed by atoms with Crippen molar-refractivity contribution in [1.29, 1.82) is 0 Å². The van der Waals surface area contributed by atoms with Gasteiger partial charge in [-0.25, -0.2) is 0 Å². The summed E-state index contributed by atoms with van der Waals surface area (Å²) in [4.78, 5) is 12.2. The van der Waals surface area contributed by atoms with Gasteiger partial charge in [0.1, 0.15) is 0 Å². The first-order valence-electron chi connectivity index (χ1n) is 6.60. The van der Waals surface area contributed by atoms with Crippen molar-refractivity contribution in [2.45, 2.75) is 25.3 Å². The van der Waals surface area contributed by atoms with Crippen molar-refractivity contribution < 1.29 is 4.79 Å². The van der Waals surface area contributed by atoms with E-state index in [0.29, 0.717) is 6.04 Å². The average Bonchev–Trinajstić information content (AvgIpc) is 2.91. The standard InChI is InChI=1S/C15H18N2O/c18-15(17-13-6-2-3-7-13)12-9-11-5-1-4-8-14(11)16-10-12/h1-5,8,12-13,16H,6-7,9-10H2,(H,17,18). The molecule has 0 fully saturated rings. The molecule has 3 heteroatoms. The van der Waals surface area contributed by atoms with E-state index >= 15 is 0 Å². The first-order valence-corrected chi connectivity index (χ1v) is 6.60. The van der Waals surface area contributed by atoms with E-state index < -0.39 is 0 Å². The molecule has 1 aromatic carbocycles. The van der Waals surface area contributed by atoms with Crippen LogP contribution in [-0.2, 0) is 11.2 Å². The third-order valence-corrected chi connectivity index (χ3v) is 3.75. The molecule has 1 aliphatic carbocycles. The lowest BCUT2D eigenvalue weighted by atomic mass is 9.93. The van der Waals surface area contributed by atoms with Crippen molar-refractivity contribution in [2.75, 3.05) is 11.9 Å². The summed E-state index contributed by atoms with van der Waals surface area (Å²) in [6.45, 7) is 0.739. The predicted molar refractivity (Wildman–Crippen MR) is 72.4 cm³/mol. The zero-order valence-corrected chi connectivity index (χ0v) is 10.4. The van der Waals surface area contributed by atoms with Gasteiger partial charge in [-0.2, -0.15) is 0 Å². The summed E-state index contributed by atoms with van der Waals surface area (Å²) in [7, 11) is 0. The van der Waals surface area contributed by atoms with Crippen molar-refractivity contribution >= 4 is 11.6 Å². The lowest BCUT2D eigenvalue weighted by molar-refractivity contribution is -0.125. The third kappa shape index (κ3) is 2.26. The Labute approximate surface area is 107 Å². The van der Waals surface area contributed by atoms with Crippen LogP contribution >= 0.6 is 0 Å². The van der Waals surface area contributed by atoms with Crippen molar-refractivity contribution in [3.8, 4) is 0 Å². The average molecular weight is 242 g/mol. The molecule has 1 aliphatic heterocycles. The minimum Gasteiger partial charge on any atom is -0.384 e. The quantitative estimate of drug-likeness (QED) is 0.780. The molecule has 1 unspecified atom stereocenters. The number of benzene rings is 1. The molecule has 1 aromatic rings. The second-order valence-electron chi connectivity index (χ2n) is 5.09. The monoisotopic (exact) mass is 242 g/mol. The fraction of sp³-hybridized carbons (Fsp3) is 0.400. The summed E-state index contributed by atoms with van der Waals surface area (Å²) in [5.41, 5.74) is 2.41. The molecular formula is C15H18N2O. The minimum absolute atomic E-state index is 0.0560. The summed E-state index contributed by atoms with van der Waals surface area (Å²) in [5.74, 6) is 0.242. The van der Waals surface area contributed by atoms with Gasteiger partial charge in [0.25, 0.3) is 0 Å². The molecule has 0 saturated carbocycles. The predicted octanol–water partition coefficient (Wildman–Crippen LogP) is 2.11. The maximum absolute atomic E-state index is 12.2. The molecule has 3 nitrogen and oxygen atoms in total. The molecule has 94 valence electrons. The number of amides is 1. The van der Waals surface area contributed by atoms with E-state index in [2.05, 4.69) is 34.9 Å². The molecular weight excluding hydrogens is 224 g/mol. The van der Waals surface area contributed by atoms with Crippen molar-refractivity contribution in [1.82, 2.24) is 5.32 Å². The van der Waals surface area contributed by atoms with Crippen LogP contribution in [-0.4, -0.2) is 18.5 Å². The van der Waals surface area contributed by atoms with Crippen LogP contribution in [0.3, 0.4) is 0 Å². The number of carbonyl (C=O) groups excluding carboxylic acids is 1. The highest BCUT2D eigenvalue weighted by molar-refractivity contribution is 5.81. The lowest BCUT2D eigenvalue weighted by Gasteiger charge is -2.26. The molecule has 3 rings (SSSR count). The number of hydrogen-bond donors (Lipinski definition) is 2. The third-order valence-electron chi connectivity index (χ3n) is 3.75. The molecule has 1 amide bonds. The Balaban J connectivity index is 1.63. The van der Waals surface area contributed by atoms with Crippen molar-refractivity contribution in [3.05, 3.63) is 42.0 Å². The van der Waals surface area contributed by atoms with Gasteiger partial charge in [-0.15, -0.1) is 0 Å². The Hall–Kier alpha value is -1.77. The van der Waals surface area contributed by atoms with Crippen LogP contribution in [0.15, 0.2) is 36.4 Å². The van der Waals surface area contributed by atoms with Crippen LogP contribution in [0.25, 0.3) is 0 Å². The van der Waals surface area contributed by atoms with E-state index in [-0.39, 0.29) is 11.8 Å². The van der Waals surface area contributed by atoms with Crippen LogP contribution in [0.4, 0.5) is 5.69 Å². The number of carbonyl (C=O) groups is 1. The van der Waals surface area contributed by atoms with Crippen LogP contribution in [0.2, 0.25) is 0 Å². The van der Waals surface area contributed by atoms with Crippen LogP contribution in [0, 0.1) is 5.92 Å². The Kier molecular flexibility index (Phi) is 3.05. The van der Waals surface area contributed by atoms with Crippen molar-refractivity contribution in [3.63, 3.8) is 0 Å². The summed E-state index contributed by atoms with van der Waals surface area (Å²) in [5, 5.41) is 6.48. The van der Waals surface area contributed by atoms with Gasteiger partial charge in [-0.1, -0.05) is 30.4 Å². The maximum Gasteiger partial charge on any atom is 0.225 e. The van der Waals surface area contributed by atoms with Crippen LogP contribution in [0.1, 0.15) is 18.4 Å². The smallest absolute Gasteiger partial charge is 0.225 e. The van der Waals surface area contributed by atoms with Gasteiger partial charge < -0.3 is 10.6 Å². The van der Waals surface area contributed by atoms with Crippen LogP contribution < -0.4 is 10.6 Å². The van der Waals surface area contributed by atoms with E-state index in [9.17, 15) is 4.79 Å². The Morgan fingerprint density at radius 2 is 2.00 bits per heavy atom. The number of nitrogens with one attached hydrogen (secondary N) is 2. The molecule has 2 N–H and O–H groups in total. The molecule has 0 saturated heterocycles. The van der Waals surface area contributed by atoms with Gasteiger partial charge in [-0.05, 0) is 30.9 Å². The Bertz CT molecular complexity index is 473. The number of hydrogen-bond acceptors (Lipinski definition) is 2. The number of para-hydroxylation sites is 1. The molecule has 0 radical (unpaired) electrons. The summed E-state index contributed by atoms with van der Waals surface area (Å²) < 4.78 is 0. The highest BCUT2D eigenvalue weighted by atomic mass is 16.2. The number of rotatable bonds is 2. The summed E-state index contributed by atoms with van der Waals surface area (Å²) in [6.07, 6.45) is 7.07. The van der Waals surface area contributed by atoms with E-state index in [1.807, 2.05) is 12.1 Å². The van der Waals surface area contributed by atoms with Gasteiger partial charge in [0, 0.05) is 18.3 Å². The fourth-order valence-corrected chi connectivity index (χ4v) is 2.68. The molecule has 1 atom stereocenters.